The normalized spacial score (nSPS) is 33.2. The van der Waals surface area contributed by atoms with Crippen LogP contribution in [-0.2, 0) is 0 Å². The molecule has 3 saturated heterocycles. The van der Waals surface area contributed by atoms with Gasteiger partial charge in [0.05, 0.1) is 5.50 Å². The lowest BCUT2D eigenvalue weighted by Gasteiger charge is -2.41. The average molecular weight is 276 g/mol. The van der Waals surface area contributed by atoms with Gasteiger partial charge in [-0.2, -0.15) is 0 Å². The van der Waals surface area contributed by atoms with Gasteiger partial charge in [0.1, 0.15) is 8.37 Å². The van der Waals surface area contributed by atoms with Crippen LogP contribution in [0.4, 0.5) is 0 Å². The zero-order chi connectivity index (χ0) is 11.7. The summed E-state index contributed by atoms with van der Waals surface area (Å²) in [5.41, 5.74) is 0.294. The van der Waals surface area contributed by atoms with Crippen LogP contribution in [0.3, 0.4) is 0 Å². The molecule has 0 aromatic heterocycles. The Balaban J connectivity index is 1.74. The van der Waals surface area contributed by atoms with E-state index in [1.54, 1.807) is 0 Å². The molecule has 98 valence electrons. The second-order valence-electron chi connectivity index (χ2n) is 5.33. The molecule has 3 fully saturated rings. The van der Waals surface area contributed by atoms with E-state index in [0.29, 0.717) is 5.50 Å². The van der Waals surface area contributed by atoms with Gasteiger partial charge in [-0.15, -0.1) is 11.6 Å². The maximum absolute atomic E-state index is 6.52. The number of nitrogens with zero attached hydrogens (tertiary/aromatic N) is 3. The van der Waals surface area contributed by atoms with E-state index in [2.05, 4.69) is 14.0 Å². The largest absolute Gasteiger partial charge is 0.257 e. The van der Waals surface area contributed by atoms with Crippen molar-refractivity contribution in [3.05, 3.63) is 0 Å². The Bertz CT molecular complexity index is 238. The first-order valence-electron chi connectivity index (χ1n) is 7.07. The molecule has 0 bridgehead atoms. The lowest BCUT2D eigenvalue weighted by molar-refractivity contribution is 0.385. The Labute approximate surface area is 111 Å². The maximum atomic E-state index is 6.52. The highest BCUT2D eigenvalue weighted by molar-refractivity contribution is 7.50. The van der Waals surface area contributed by atoms with Crippen molar-refractivity contribution in [3.8, 4) is 0 Å². The maximum Gasteiger partial charge on any atom is 0.121 e. The van der Waals surface area contributed by atoms with Crippen molar-refractivity contribution in [2.75, 3.05) is 32.7 Å². The fourth-order valence-electron chi connectivity index (χ4n) is 3.17. The van der Waals surface area contributed by atoms with Crippen LogP contribution in [0.5, 0.6) is 0 Å². The van der Waals surface area contributed by atoms with E-state index in [1.807, 2.05) is 0 Å². The van der Waals surface area contributed by atoms with Crippen LogP contribution >= 0.6 is 20.0 Å². The Hall–Kier alpha value is 0.600. The summed E-state index contributed by atoms with van der Waals surface area (Å²) in [5, 5.41) is 0. The average Bonchev–Trinajstić information content (AvgIpc) is 3.04. The van der Waals surface area contributed by atoms with E-state index in [-0.39, 0.29) is 8.37 Å². The highest BCUT2D eigenvalue weighted by Gasteiger charge is 2.39. The summed E-state index contributed by atoms with van der Waals surface area (Å²) in [4.78, 5) is 0. The van der Waals surface area contributed by atoms with E-state index in [0.717, 1.165) is 0 Å². The SMILES string of the molecule is ClC1CCCN1P(N1CCCC1)N1CCCC1. The number of hydrogen-bond donors (Lipinski definition) is 0. The molecule has 0 amide bonds. The predicted molar refractivity (Wildman–Crippen MR) is 74.1 cm³/mol. The molecule has 0 saturated carbocycles. The summed E-state index contributed by atoms with van der Waals surface area (Å²) < 4.78 is 8.05. The Morgan fingerprint density at radius 2 is 1.29 bits per heavy atom. The monoisotopic (exact) mass is 275 g/mol. The van der Waals surface area contributed by atoms with Crippen molar-refractivity contribution in [2.45, 2.75) is 44.0 Å². The minimum Gasteiger partial charge on any atom is -0.257 e. The van der Waals surface area contributed by atoms with Gasteiger partial charge in [-0.05, 0) is 38.5 Å². The second kappa shape index (κ2) is 5.71. The summed E-state index contributed by atoms with van der Waals surface area (Å²) in [6.45, 7) is 6.39. The summed E-state index contributed by atoms with van der Waals surface area (Å²) in [7, 11) is -0.235. The van der Waals surface area contributed by atoms with E-state index in [1.165, 1.54) is 71.2 Å². The van der Waals surface area contributed by atoms with Crippen LogP contribution in [0.2, 0.25) is 0 Å². The summed E-state index contributed by atoms with van der Waals surface area (Å²) in [5.74, 6) is 0. The minimum atomic E-state index is -0.235. The summed E-state index contributed by atoms with van der Waals surface area (Å²) in [6.07, 6.45) is 8.00. The fourth-order valence-corrected chi connectivity index (χ4v) is 6.61. The van der Waals surface area contributed by atoms with Crippen molar-refractivity contribution in [1.82, 2.24) is 14.0 Å². The molecule has 0 spiro atoms. The second-order valence-corrected chi connectivity index (χ2v) is 8.02. The van der Waals surface area contributed by atoms with Crippen molar-refractivity contribution >= 4 is 20.0 Å². The van der Waals surface area contributed by atoms with Gasteiger partial charge in [-0.1, -0.05) is 0 Å². The van der Waals surface area contributed by atoms with E-state index < -0.39 is 0 Å². The van der Waals surface area contributed by atoms with Crippen LogP contribution in [-0.4, -0.2) is 52.2 Å². The number of hydrogen-bond acceptors (Lipinski definition) is 3. The molecule has 0 aromatic rings. The first-order chi connectivity index (χ1) is 8.36. The molecule has 3 aliphatic rings. The molecule has 0 aliphatic carbocycles. The van der Waals surface area contributed by atoms with E-state index in [9.17, 15) is 0 Å². The van der Waals surface area contributed by atoms with Gasteiger partial charge in [0.25, 0.3) is 0 Å². The van der Waals surface area contributed by atoms with Crippen LogP contribution in [0.25, 0.3) is 0 Å². The molecular weight excluding hydrogens is 253 g/mol. The predicted octanol–water partition coefficient (Wildman–Crippen LogP) is 3.07. The molecule has 1 atom stereocenters. The fraction of sp³-hybridized carbons (Fsp3) is 1.00. The summed E-state index contributed by atoms with van der Waals surface area (Å²) >= 11 is 6.52. The Morgan fingerprint density at radius 3 is 1.71 bits per heavy atom. The minimum absolute atomic E-state index is 0.235. The van der Waals surface area contributed by atoms with Gasteiger partial charge in [0, 0.05) is 32.7 Å². The van der Waals surface area contributed by atoms with Gasteiger partial charge in [-0.3, -0.25) is 9.34 Å². The molecule has 17 heavy (non-hydrogen) atoms. The van der Waals surface area contributed by atoms with Crippen LogP contribution in [0.1, 0.15) is 38.5 Å². The molecule has 0 radical (unpaired) electrons. The zero-order valence-corrected chi connectivity index (χ0v) is 12.2. The van der Waals surface area contributed by atoms with Gasteiger partial charge in [-0.25, -0.2) is 4.67 Å². The molecule has 3 heterocycles. The number of rotatable bonds is 3. The van der Waals surface area contributed by atoms with Crippen molar-refractivity contribution in [3.63, 3.8) is 0 Å². The van der Waals surface area contributed by atoms with Crippen molar-refractivity contribution in [2.24, 2.45) is 0 Å². The molecule has 0 N–H and O–H groups in total. The topological polar surface area (TPSA) is 9.72 Å². The number of halogens is 1. The molecule has 1 unspecified atom stereocenters. The first kappa shape index (κ1) is 12.6. The smallest absolute Gasteiger partial charge is 0.121 e. The molecular formula is C12H23ClN3P. The van der Waals surface area contributed by atoms with Crippen LogP contribution in [0, 0.1) is 0 Å². The molecule has 3 nitrogen and oxygen atoms in total. The zero-order valence-electron chi connectivity index (χ0n) is 10.5. The lowest BCUT2D eigenvalue weighted by Crippen LogP contribution is -2.36. The molecule has 3 rings (SSSR count). The lowest BCUT2D eigenvalue weighted by atomic mass is 10.4. The van der Waals surface area contributed by atoms with Gasteiger partial charge in [0.2, 0.25) is 0 Å². The highest BCUT2D eigenvalue weighted by atomic mass is 35.5. The Kier molecular flexibility index (Phi) is 4.24. The van der Waals surface area contributed by atoms with Crippen molar-refractivity contribution in [1.29, 1.82) is 0 Å². The van der Waals surface area contributed by atoms with E-state index >= 15 is 0 Å². The molecule has 0 aromatic carbocycles. The first-order valence-corrected chi connectivity index (χ1v) is 8.70. The Morgan fingerprint density at radius 1 is 0.765 bits per heavy atom. The van der Waals surface area contributed by atoms with Gasteiger partial charge in [0.15, 0.2) is 0 Å². The standard InChI is InChI=1S/C12H23ClN3P/c13-12-6-5-11-16(12)17(14-7-1-2-8-14)15-9-3-4-10-15/h12H,1-11H2. The van der Waals surface area contributed by atoms with Crippen LogP contribution in [0.15, 0.2) is 0 Å². The molecule has 3 aliphatic heterocycles. The quantitative estimate of drug-likeness (QED) is 0.445. The highest BCUT2D eigenvalue weighted by Crippen LogP contribution is 2.54. The van der Waals surface area contributed by atoms with Gasteiger partial charge < -0.3 is 0 Å². The third-order valence-electron chi connectivity index (χ3n) is 4.05. The summed E-state index contributed by atoms with van der Waals surface area (Å²) in [6, 6.07) is 0. The third-order valence-corrected chi connectivity index (χ3v) is 7.39. The van der Waals surface area contributed by atoms with Gasteiger partial charge >= 0.3 is 0 Å². The van der Waals surface area contributed by atoms with E-state index in [4.69, 9.17) is 11.6 Å². The number of alkyl halides is 1. The van der Waals surface area contributed by atoms with Crippen molar-refractivity contribution < 1.29 is 0 Å². The third kappa shape index (κ3) is 2.64. The van der Waals surface area contributed by atoms with Crippen LogP contribution < -0.4 is 0 Å². The molecule has 5 heteroatoms.